The standard InChI is InChI=1S/C17H24O4/c1-16(19,13-2-4-15(18)5-3-13)14-6-9-21-17(12-14)7-10-20-11-8-17/h2-5,14,18-19H,6-12H2,1H3. The highest BCUT2D eigenvalue weighted by atomic mass is 16.5. The molecule has 2 aliphatic rings. The van der Waals surface area contributed by atoms with Gasteiger partial charge >= 0.3 is 0 Å². The number of phenolic OH excluding ortho intramolecular Hbond substituents is 1. The van der Waals surface area contributed by atoms with Crippen LogP contribution in [-0.2, 0) is 15.1 Å². The summed E-state index contributed by atoms with van der Waals surface area (Å²) < 4.78 is 11.5. The maximum Gasteiger partial charge on any atom is 0.115 e. The molecule has 0 amide bonds. The van der Waals surface area contributed by atoms with Gasteiger partial charge in [-0.1, -0.05) is 12.1 Å². The van der Waals surface area contributed by atoms with E-state index >= 15 is 0 Å². The van der Waals surface area contributed by atoms with Gasteiger partial charge in [0.05, 0.1) is 11.2 Å². The van der Waals surface area contributed by atoms with Crippen LogP contribution in [0.5, 0.6) is 5.75 Å². The highest BCUT2D eigenvalue weighted by molar-refractivity contribution is 5.30. The molecule has 2 fully saturated rings. The van der Waals surface area contributed by atoms with E-state index in [0.717, 1.165) is 44.5 Å². The van der Waals surface area contributed by atoms with Gasteiger partial charge in [0.2, 0.25) is 0 Å². The average molecular weight is 292 g/mol. The summed E-state index contributed by atoms with van der Waals surface area (Å²) >= 11 is 0. The molecular weight excluding hydrogens is 268 g/mol. The van der Waals surface area contributed by atoms with Crippen molar-refractivity contribution >= 4 is 0 Å². The number of benzene rings is 1. The molecule has 2 N–H and O–H groups in total. The van der Waals surface area contributed by atoms with E-state index in [2.05, 4.69) is 0 Å². The topological polar surface area (TPSA) is 58.9 Å². The minimum Gasteiger partial charge on any atom is -0.508 e. The molecule has 0 bridgehead atoms. The third-order valence-electron chi connectivity index (χ3n) is 5.14. The minimum absolute atomic E-state index is 0.123. The smallest absolute Gasteiger partial charge is 0.115 e. The highest BCUT2D eigenvalue weighted by Gasteiger charge is 2.45. The quantitative estimate of drug-likeness (QED) is 0.879. The first-order chi connectivity index (χ1) is 10.0. The van der Waals surface area contributed by atoms with E-state index in [1.165, 1.54) is 0 Å². The van der Waals surface area contributed by atoms with Crippen LogP contribution in [0.15, 0.2) is 24.3 Å². The Bertz CT molecular complexity index is 469. The first kappa shape index (κ1) is 14.8. The predicted octanol–water partition coefficient (Wildman–Crippen LogP) is 2.58. The normalized spacial score (nSPS) is 28.2. The SMILES string of the molecule is CC(O)(c1ccc(O)cc1)C1CCOC2(CCOCC2)C1. The molecule has 1 spiro atoms. The fourth-order valence-corrected chi connectivity index (χ4v) is 3.63. The molecule has 2 saturated heterocycles. The maximum atomic E-state index is 11.0. The zero-order valence-corrected chi connectivity index (χ0v) is 12.5. The summed E-state index contributed by atoms with van der Waals surface area (Å²) in [5.74, 6) is 0.385. The molecule has 0 saturated carbocycles. The number of rotatable bonds is 2. The van der Waals surface area contributed by atoms with Crippen molar-refractivity contribution in [3.05, 3.63) is 29.8 Å². The van der Waals surface area contributed by atoms with Gasteiger partial charge in [0.15, 0.2) is 0 Å². The molecule has 116 valence electrons. The number of aromatic hydroxyl groups is 1. The summed E-state index contributed by atoms with van der Waals surface area (Å²) in [5, 5.41) is 20.5. The summed E-state index contributed by atoms with van der Waals surface area (Å²) in [5.41, 5.74) is -0.167. The van der Waals surface area contributed by atoms with Gasteiger partial charge in [0.1, 0.15) is 5.75 Å². The van der Waals surface area contributed by atoms with Crippen molar-refractivity contribution in [2.75, 3.05) is 19.8 Å². The lowest BCUT2D eigenvalue weighted by Gasteiger charge is -2.47. The molecule has 2 heterocycles. The number of ether oxygens (including phenoxy) is 2. The monoisotopic (exact) mass is 292 g/mol. The van der Waals surface area contributed by atoms with E-state index in [-0.39, 0.29) is 17.3 Å². The summed E-state index contributed by atoms with van der Waals surface area (Å²) in [7, 11) is 0. The van der Waals surface area contributed by atoms with Crippen LogP contribution in [0.3, 0.4) is 0 Å². The van der Waals surface area contributed by atoms with Gasteiger partial charge < -0.3 is 19.7 Å². The van der Waals surface area contributed by atoms with Crippen LogP contribution >= 0.6 is 0 Å². The third kappa shape index (κ3) is 2.93. The lowest BCUT2D eigenvalue weighted by atomic mass is 9.71. The largest absolute Gasteiger partial charge is 0.508 e. The van der Waals surface area contributed by atoms with Crippen LogP contribution in [0.1, 0.15) is 38.2 Å². The number of hydrogen-bond donors (Lipinski definition) is 2. The molecule has 1 aromatic rings. The summed E-state index contributed by atoms with van der Waals surface area (Å²) in [6, 6.07) is 6.88. The van der Waals surface area contributed by atoms with Crippen molar-refractivity contribution in [2.45, 2.75) is 43.8 Å². The molecule has 0 radical (unpaired) electrons. The Kier molecular flexibility index (Phi) is 3.95. The van der Waals surface area contributed by atoms with Crippen LogP contribution in [0.4, 0.5) is 0 Å². The molecule has 21 heavy (non-hydrogen) atoms. The highest BCUT2D eigenvalue weighted by Crippen LogP contribution is 2.44. The molecule has 0 aromatic heterocycles. The van der Waals surface area contributed by atoms with Crippen molar-refractivity contribution in [3.63, 3.8) is 0 Å². The lowest BCUT2D eigenvalue weighted by molar-refractivity contribution is -0.174. The number of aliphatic hydroxyl groups is 1. The average Bonchev–Trinajstić information content (AvgIpc) is 2.48. The van der Waals surface area contributed by atoms with Gasteiger partial charge in [-0.25, -0.2) is 0 Å². The van der Waals surface area contributed by atoms with Gasteiger partial charge in [-0.15, -0.1) is 0 Å². The maximum absolute atomic E-state index is 11.0. The molecule has 2 aliphatic heterocycles. The molecule has 0 aliphatic carbocycles. The van der Waals surface area contributed by atoms with Crippen LogP contribution in [0.2, 0.25) is 0 Å². The second-order valence-corrected chi connectivity index (χ2v) is 6.53. The van der Waals surface area contributed by atoms with E-state index in [0.29, 0.717) is 6.61 Å². The summed E-state index contributed by atoms with van der Waals surface area (Å²) in [6.45, 7) is 4.06. The fraction of sp³-hybridized carbons (Fsp3) is 0.647. The Morgan fingerprint density at radius 1 is 1.14 bits per heavy atom. The van der Waals surface area contributed by atoms with Crippen molar-refractivity contribution in [2.24, 2.45) is 5.92 Å². The zero-order valence-electron chi connectivity index (χ0n) is 12.5. The first-order valence-corrected chi connectivity index (χ1v) is 7.75. The zero-order chi connectivity index (χ0) is 14.9. The molecule has 4 heteroatoms. The molecular formula is C17H24O4. The molecule has 1 aromatic carbocycles. The molecule has 4 nitrogen and oxygen atoms in total. The molecule has 3 rings (SSSR count). The number of hydrogen-bond acceptors (Lipinski definition) is 4. The lowest BCUT2D eigenvalue weighted by Crippen LogP contribution is -2.48. The summed E-state index contributed by atoms with van der Waals surface area (Å²) in [6.07, 6.45) is 3.55. The van der Waals surface area contributed by atoms with Crippen molar-refractivity contribution in [1.29, 1.82) is 0 Å². The van der Waals surface area contributed by atoms with Crippen LogP contribution < -0.4 is 0 Å². The van der Waals surface area contributed by atoms with Crippen molar-refractivity contribution in [1.82, 2.24) is 0 Å². The fourth-order valence-electron chi connectivity index (χ4n) is 3.63. The number of phenols is 1. The van der Waals surface area contributed by atoms with Crippen LogP contribution in [-0.4, -0.2) is 35.6 Å². The van der Waals surface area contributed by atoms with Crippen molar-refractivity contribution < 1.29 is 19.7 Å². The van der Waals surface area contributed by atoms with Gasteiger partial charge in [-0.3, -0.25) is 0 Å². The van der Waals surface area contributed by atoms with Gasteiger partial charge in [-0.05, 0) is 56.2 Å². The molecule has 2 atom stereocenters. The Morgan fingerprint density at radius 3 is 2.48 bits per heavy atom. The van der Waals surface area contributed by atoms with Crippen molar-refractivity contribution in [3.8, 4) is 5.75 Å². The second kappa shape index (κ2) is 5.59. The van der Waals surface area contributed by atoms with Crippen LogP contribution in [0, 0.1) is 5.92 Å². The summed E-state index contributed by atoms with van der Waals surface area (Å²) in [4.78, 5) is 0. The Labute approximate surface area is 125 Å². The van der Waals surface area contributed by atoms with E-state index in [4.69, 9.17) is 9.47 Å². The van der Waals surface area contributed by atoms with E-state index in [1.807, 2.05) is 6.92 Å². The van der Waals surface area contributed by atoms with E-state index < -0.39 is 5.60 Å². The third-order valence-corrected chi connectivity index (χ3v) is 5.14. The Hall–Kier alpha value is -1.10. The Balaban J connectivity index is 1.79. The van der Waals surface area contributed by atoms with E-state index in [1.54, 1.807) is 24.3 Å². The second-order valence-electron chi connectivity index (χ2n) is 6.53. The first-order valence-electron chi connectivity index (χ1n) is 7.75. The minimum atomic E-state index is -0.900. The van der Waals surface area contributed by atoms with Gasteiger partial charge in [0.25, 0.3) is 0 Å². The van der Waals surface area contributed by atoms with Crippen LogP contribution in [0.25, 0.3) is 0 Å². The van der Waals surface area contributed by atoms with Gasteiger partial charge in [0, 0.05) is 19.8 Å². The van der Waals surface area contributed by atoms with Gasteiger partial charge in [-0.2, -0.15) is 0 Å². The van der Waals surface area contributed by atoms with E-state index in [9.17, 15) is 10.2 Å². The predicted molar refractivity (Wildman–Crippen MR) is 79.1 cm³/mol. The molecule has 2 unspecified atom stereocenters. The Morgan fingerprint density at radius 2 is 1.81 bits per heavy atom.